The van der Waals surface area contributed by atoms with Crippen LogP contribution >= 0.6 is 11.6 Å². The lowest BCUT2D eigenvalue weighted by Crippen LogP contribution is -2.27. The second-order valence-electron chi connectivity index (χ2n) is 6.15. The van der Waals surface area contributed by atoms with Crippen LogP contribution in [-0.2, 0) is 24.8 Å². The summed E-state index contributed by atoms with van der Waals surface area (Å²) in [5, 5.41) is 6.54. The molecule has 2 rings (SSSR count). The molecule has 2 aromatic rings. The van der Waals surface area contributed by atoms with Crippen molar-refractivity contribution in [3.63, 3.8) is 0 Å². The van der Waals surface area contributed by atoms with Crippen LogP contribution in [0, 0.1) is 30.2 Å². The molecule has 0 aliphatic heterocycles. The summed E-state index contributed by atoms with van der Waals surface area (Å²) in [4.78, 5) is 12.0. The topological polar surface area (TPSA) is 56.2 Å². The first-order valence-corrected chi connectivity index (χ1v) is 8.38. The largest absolute Gasteiger partial charge is 0.485 e. The van der Waals surface area contributed by atoms with Gasteiger partial charge in [-0.1, -0.05) is 11.6 Å². The fraction of sp³-hybridized carbons (Fsp3) is 0.412. The molecule has 148 valence electrons. The molecule has 0 fully saturated rings. The molecule has 0 saturated carbocycles. The zero-order valence-electron chi connectivity index (χ0n) is 15.1. The van der Waals surface area contributed by atoms with E-state index >= 15 is 0 Å². The molecule has 1 heterocycles. The van der Waals surface area contributed by atoms with Crippen molar-refractivity contribution in [2.75, 3.05) is 0 Å². The average molecular weight is 408 g/mol. The molecule has 0 atom stereocenters. The molecule has 1 aromatic heterocycles. The molecule has 5 nitrogen and oxygen atoms in total. The maximum absolute atomic E-state index is 14.1. The van der Waals surface area contributed by atoms with Crippen molar-refractivity contribution in [2.45, 2.75) is 39.8 Å². The van der Waals surface area contributed by atoms with Gasteiger partial charge in [-0.3, -0.25) is 9.48 Å². The van der Waals surface area contributed by atoms with E-state index in [1.54, 1.807) is 14.0 Å². The fourth-order valence-electron chi connectivity index (χ4n) is 2.43. The highest BCUT2D eigenvalue weighted by Crippen LogP contribution is 2.30. The minimum absolute atomic E-state index is 0.223. The highest BCUT2D eigenvalue weighted by Gasteiger charge is 2.27. The van der Waals surface area contributed by atoms with E-state index in [1.165, 1.54) is 18.5 Å². The Hall–Kier alpha value is -2.29. The molecule has 1 N–H and O–H groups in total. The number of hydrogen-bond donors (Lipinski definition) is 1. The lowest BCUT2D eigenvalue weighted by molar-refractivity contribution is -0.120. The van der Waals surface area contributed by atoms with Crippen LogP contribution < -0.4 is 10.1 Å². The van der Waals surface area contributed by atoms with Crippen molar-refractivity contribution in [1.29, 1.82) is 0 Å². The highest BCUT2D eigenvalue weighted by atomic mass is 35.5. The molecule has 27 heavy (non-hydrogen) atoms. The van der Waals surface area contributed by atoms with Crippen LogP contribution in [0.1, 0.15) is 30.8 Å². The normalized spacial score (nSPS) is 11.2. The van der Waals surface area contributed by atoms with E-state index in [-0.39, 0.29) is 11.4 Å². The number of nitrogens with one attached hydrogen (secondary N) is 1. The van der Waals surface area contributed by atoms with Crippen LogP contribution in [0.4, 0.5) is 17.6 Å². The van der Waals surface area contributed by atoms with Crippen LogP contribution in [0.3, 0.4) is 0 Å². The third kappa shape index (κ3) is 4.35. The van der Waals surface area contributed by atoms with Crippen LogP contribution in [0.25, 0.3) is 0 Å². The zero-order chi connectivity index (χ0) is 20.5. The number of nitrogens with zero attached hydrogens (tertiary/aromatic N) is 2. The number of halogens is 5. The average Bonchev–Trinajstić information content (AvgIpc) is 2.83. The number of amides is 1. The standard InChI is InChI=1S/C17H18ClF4N3O2/c1-7(2)27-17-15(21)13(19)9(14(20)16(17)22)6-23-11(26)5-10-12(18)8(3)24-25(10)4/h7H,5-6H2,1-4H3,(H,23,26). The summed E-state index contributed by atoms with van der Waals surface area (Å²) in [5.41, 5.74) is -0.0312. The Kier molecular flexibility index (Phi) is 6.35. The van der Waals surface area contributed by atoms with E-state index in [4.69, 9.17) is 16.3 Å². The van der Waals surface area contributed by atoms with Crippen LogP contribution in [0.15, 0.2) is 0 Å². The number of ether oxygens (including phenoxy) is 1. The Balaban J connectivity index is 2.19. The molecule has 0 aliphatic carbocycles. The third-order valence-corrected chi connectivity index (χ3v) is 4.21. The third-order valence-electron chi connectivity index (χ3n) is 3.72. The van der Waals surface area contributed by atoms with Gasteiger partial charge in [0.25, 0.3) is 0 Å². The summed E-state index contributed by atoms with van der Waals surface area (Å²) in [6.45, 7) is 3.81. The van der Waals surface area contributed by atoms with Crippen molar-refractivity contribution in [3.05, 3.63) is 45.2 Å². The van der Waals surface area contributed by atoms with Gasteiger partial charge >= 0.3 is 0 Å². The molecule has 0 radical (unpaired) electrons. The van der Waals surface area contributed by atoms with Gasteiger partial charge in [-0.2, -0.15) is 13.9 Å². The summed E-state index contributed by atoms with van der Waals surface area (Å²) in [6.07, 6.45) is -0.913. The van der Waals surface area contributed by atoms with Crippen molar-refractivity contribution in [2.24, 2.45) is 7.05 Å². The zero-order valence-corrected chi connectivity index (χ0v) is 15.8. The Morgan fingerprint density at radius 1 is 1.19 bits per heavy atom. The first kappa shape index (κ1) is 21.0. The molecule has 0 unspecified atom stereocenters. The first-order valence-electron chi connectivity index (χ1n) is 8.00. The Labute approximate surface area is 158 Å². The fourth-order valence-corrected chi connectivity index (χ4v) is 2.65. The van der Waals surface area contributed by atoms with Gasteiger partial charge in [-0.15, -0.1) is 0 Å². The van der Waals surface area contributed by atoms with Gasteiger partial charge in [-0.25, -0.2) is 8.78 Å². The molecular formula is C17H18ClF4N3O2. The summed E-state index contributed by atoms with van der Waals surface area (Å²) < 4.78 is 62.4. The number of aryl methyl sites for hydroxylation is 2. The quantitative estimate of drug-likeness (QED) is 0.588. The highest BCUT2D eigenvalue weighted by molar-refractivity contribution is 6.32. The van der Waals surface area contributed by atoms with Gasteiger partial charge in [0.1, 0.15) is 0 Å². The summed E-state index contributed by atoms with van der Waals surface area (Å²) >= 11 is 6.03. The van der Waals surface area contributed by atoms with Gasteiger partial charge < -0.3 is 10.1 Å². The minimum Gasteiger partial charge on any atom is -0.485 e. The van der Waals surface area contributed by atoms with Gasteiger partial charge in [0.05, 0.1) is 28.9 Å². The first-order chi connectivity index (χ1) is 12.5. The van der Waals surface area contributed by atoms with Crippen molar-refractivity contribution < 1.29 is 27.1 Å². The number of hydrogen-bond acceptors (Lipinski definition) is 3. The SMILES string of the molecule is Cc1nn(C)c(CC(=O)NCc2c(F)c(F)c(OC(C)C)c(F)c2F)c1Cl. The van der Waals surface area contributed by atoms with E-state index in [2.05, 4.69) is 10.4 Å². The monoisotopic (exact) mass is 407 g/mol. The van der Waals surface area contributed by atoms with Gasteiger partial charge in [0.15, 0.2) is 17.4 Å². The van der Waals surface area contributed by atoms with Crippen molar-refractivity contribution >= 4 is 17.5 Å². The maximum atomic E-state index is 14.1. The minimum atomic E-state index is -1.66. The van der Waals surface area contributed by atoms with Gasteiger partial charge in [0.2, 0.25) is 17.5 Å². The lowest BCUT2D eigenvalue weighted by atomic mass is 10.1. The molecule has 1 aromatic carbocycles. The molecule has 10 heteroatoms. The Morgan fingerprint density at radius 3 is 2.19 bits per heavy atom. The molecule has 0 saturated heterocycles. The molecule has 0 bridgehead atoms. The number of benzene rings is 1. The maximum Gasteiger partial charge on any atom is 0.226 e. The van der Waals surface area contributed by atoms with Crippen LogP contribution in [-0.4, -0.2) is 21.8 Å². The smallest absolute Gasteiger partial charge is 0.226 e. The van der Waals surface area contributed by atoms with Gasteiger partial charge in [0, 0.05) is 19.2 Å². The van der Waals surface area contributed by atoms with E-state index < -0.39 is 53.1 Å². The van der Waals surface area contributed by atoms with E-state index in [9.17, 15) is 22.4 Å². The second-order valence-corrected chi connectivity index (χ2v) is 6.53. The Morgan fingerprint density at radius 2 is 1.74 bits per heavy atom. The molecule has 1 amide bonds. The van der Waals surface area contributed by atoms with Gasteiger partial charge in [-0.05, 0) is 20.8 Å². The summed E-state index contributed by atoms with van der Waals surface area (Å²) in [6, 6.07) is 0. The van der Waals surface area contributed by atoms with E-state index in [0.29, 0.717) is 11.4 Å². The summed E-state index contributed by atoms with van der Waals surface area (Å²) in [5.74, 6) is -8.35. The number of aromatic nitrogens is 2. The van der Waals surface area contributed by atoms with Crippen LogP contribution in [0.5, 0.6) is 5.75 Å². The summed E-state index contributed by atoms with van der Waals surface area (Å²) in [7, 11) is 1.58. The van der Waals surface area contributed by atoms with Crippen molar-refractivity contribution in [1.82, 2.24) is 15.1 Å². The molecular weight excluding hydrogens is 390 g/mol. The lowest BCUT2D eigenvalue weighted by Gasteiger charge is -2.15. The Bertz CT molecular complexity index is 855. The molecule has 0 aliphatic rings. The predicted octanol–water partition coefficient (Wildman–Crippen LogP) is 3.58. The molecule has 0 spiro atoms. The number of rotatable bonds is 6. The number of carbonyl (C=O) groups excluding carboxylic acids is 1. The predicted molar refractivity (Wildman–Crippen MR) is 90.5 cm³/mol. The van der Waals surface area contributed by atoms with Crippen LogP contribution in [0.2, 0.25) is 5.02 Å². The number of carbonyl (C=O) groups is 1. The second kappa shape index (κ2) is 8.16. The van der Waals surface area contributed by atoms with Crippen molar-refractivity contribution in [3.8, 4) is 5.75 Å². The van der Waals surface area contributed by atoms with E-state index in [0.717, 1.165) is 0 Å². The van der Waals surface area contributed by atoms with E-state index in [1.807, 2.05) is 0 Å².